The molecule has 0 amide bonds. The van der Waals surface area contributed by atoms with E-state index in [1.807, 2.05) is 17.8 Å². The zero-order valence-electron chi connectivity index (χ0n) is 7.40. The molecule has 3 nitrogen and oxygen atoms in total. The summed E-state index contributed by atoms with van der Waals surface area (Å²) in [4.78, 5) is 0. The third-order valence-electron chi connectivity index (χ3n) is 1.89. The number of aliphatic hydroxyl groups is 1. The first-order chi connectivity index (χ1) is 5.72. The van der Waals surface area contributed by atoms with Gasteiger partial charge in [0.2, 0.25) is 0 Å². The highest BCUT2D eigenvalue weighted by Gasteiger charge is 2.03. The van der Waals surface area contributed by atoms with Crippen molar-refractivity contribution in [3.63, 3.8) is 0 Å². The van der Waals surface area contributed by atoms with Gasteiger partial charge in [-0.05, 0) is 24.5 Å². The van der Waals surface area contributed by atoms with Crippen molar-refractivity contribution in [3.8, 4) is 0 Å². The number of nitrogens with zero attached hydrogens (tertiary/aromatic N) is 1. The molecular weight excluding hydrogens is 152 g/mol. The molecule has 0 radical (unpaired) electrons. The minimum absolute atomic E-state index is 0.0809. The highest BCUT2D eigenvalue weighted by molar-refractivity contribution is 5.11. The summed E-state index contributed by atoms with van der Waals surface area (Å²) >= 11 is 0. The van der Waals surface area contributed by atoms with E-state index in [4.69, 9.17) is 10.8 Å². The third kappa shape index (κ3) is 2.68. The number of rotatable bonds is 4. The van der Waals surface area contributed by atoms with Crippen LogP contribution in [0.2, 0.25) is 0 Å². The maximum Gasteiger partial charge on any atom is 0.0445 e. The molecule has 0 saturated heterocycles. The second kappa shape index (κ2) is 4.28. The fourth-order valence-corrected chi connectivity index (χ4v) is 1.25. The summed E-state index contributed by atoms with van der Waals surface area (Å²) in [6.07, 6.45) is 5.58. The van der Waals surface area contributed by atoms with Crippen molar-refractivity contribution >= 4 is 0 Å². The molecule has 0 bridgehead atoms. The van der Waals surface area contributed by atoms with E-state index in [9.17, 15) is 0 Å². The first-order valence-corrected chi connectivity index (χ1v) is 4.19. The Kier molecular flexibility index (Phi) is 3.31. The van der Waals surface area contributed by atoms with Crippen molar-refractivity contribution in [2.24, 2.45) is 12.8 Å². The molecule has 12 heavy (non-hydrogen) atoms. The Bertz CT molecular complexity index is 232. The van der Waals surface area contributed by atoms with Crippen LogP contribution in [0.4, 0.5) is 0 Å². The number of hydrogen-bond acceptors (Lipinski definition) is 2. The van der Waals surface area contributed by atoms with Gasteiger partial charge in [-0.25, -0.2) is 0 Å². The molecule has 3 N–H and O–H groups in total. The van der Waals surface area contributed by atoms with E-state index in [0.717, 1.165) is 6.42 Å². The molecule has 3 heteroatoms. The molecular formula is C9H16N2O. The fraction of sp³-hybridized carbons (Fsp3) is 0.556. The van der Waals surface area contributed by atoms with Crippen molar-refractivity contribution in [2.75, 3.05) is 6.61 Å². The lowest BCUT2D eigenvalue weighted by molar-refractivity contribution is 0.275. The molecule has 1 aromatic rings. The Balaban J connectivity index is 2.41. The highest BCUT2D eigenvalue weighted by Crippen LogP contribution is 2.04. The summed E-state index contributed by atoms with van der Waals surface area (Å²) < 4.78 is 2.00. The van der Waals surface area contributed by atoms with E-state index in [-0.39, 0.29) is 12.6 Å². The summed E-state index contributed by atoms with van der Waals surface area (Å²) in [5.41, 5.74) is 6.99. The van der Waals surface area contributed by atoms with Crippen molar-refractivity contribution in [2.45, 2.75) is 18.9 Å². The van der Waals surface area contributed by atoms with Crippen molar-refractivity contribution in [1.82, 2.24) is 4.57 Å². The molecule has 1 aromatic heterocycles. The number of nitrogens with two attached hydrogens (primary N) is 1. The Morgan fingerprint density at radius 2 is 2.42 bits per heavy atom. The van der Waals surface area contributed by atoms with E-state index in [0.29, 0.717) is 6.42 Å². The first kappa shape index (κ1) is 9.29. The van der Waals surface area contributed by atoms with Gasteiger partial charge in [0, 0.05) is 32.1 Å². The number of aliphatic hydroxyl groups excluding tert-OH is 1. The maximum absolute atomic E-state index is 8.63. The highest BCUT2D eigenvalue weighted by atomic mass is 16.3. The molecule has 0 aliphatic carbocycles. The summed E-state index contributed by atoms with van der Waals surface area (Å²) in [6, 6.07) is 2.13. The van der Waals surface area contributed by atoms with E-state index >= 15 is 0 Å². The molecule has 0 fully saturated rings. The van der Waals surface area contributed by atoms with Crippen LogP contribution in [0.25, 0.3) is 0 Å². The van der Waals surface area contributed by atoms with Crippen molar-refractivity contribution in [3.05, 3.63) is 24.0 Å². The van der Waals surface area contributed by atoms with Gasteiger partial charge in [-0.2, -0.15) is 0 Å². The molecule has 68 valence electrons. The monoisotopic (exact) mass is 168 g/mol. The van der Waals surface area contributed by atoms with E-state index in [2.05, 4.69) is 12.3 Å². The normalized spacial score (nSPS) is 13.2. The smallest absolute Gasteiger partial charge is 0.0445 e. The Hall–Kier alpha value is -0.800. The first-order valence-electron chi connectivity index (χ1n) is 4.19. The zero-order valence-corrected chi connectivity index (χ0v) is 7.40. The van der Waals surface area contributed by atoms with Gasteiger partial charge in [-0.1, -0.05) is 0 Å². The second-order valence-electron chi connectivity index (χ2n) is 3.16. The van der Waals surface area contributed by atoms with E-state index in [1.165, 1.54) is 5.56 Å². The molecule has 1 unspecified atom stereocenters. The Labute approximate surface area is 72.8 Å². The van der Waals surface area contributed by atoms with Gasteiger partial charge in [-0.15, -0.1) is 0 Å². The zero-order chi connectivity index (χ0) is 8.97. The van der Waals surface area contributed by atoms with Gasteiger partial charge < -0.3 is 15.4 Å². The minimum atomic E-state index is 0.0809. The van der Waals surface area contributed by atoms with Crippen molar-refractivity contribution in [1.29, 1.82) is 0 Å². The lowest BCUT2D eigenvalue weighted by Gasteiger charge is -2.07. The maximum atomic E-state index is 8.63. The summed E-state index contributed by atoms with van der Waals surface area (Å²) in [5, 5.41) is 8.63. The minimum Gasteiger partial charge on any atom is -0.396 e. The van der Waals surface area contributed by atoms with Gasteiger partial charge in [0.15, 0.2) is 0 Å². The lowest BCUT2D eigenvalue weighted by Crippen LogP contribution is -2.23. The number of hydrogen-bond donors (Lipinski definition) is 2. The average Bonchev–Trinajstić information content (AvgIpc) is 2.36. The summed E-state index contributed by atoms with van der Waals surface area (Å²) in [7, 11) is 1.99. The number of aryl methyl sites for hydroxylation is 1. The van der Waals surface area contributed by atoms with Gasteiger partial charge >= 0.3 is 0 Å². The van der Waals surface area contributed by atoms with Gasteiger partial charge in [0.25, 0.3) is 0 Å². The fourth-order valence-electron chi connectivity index (χ4n) is 1.25. The summed E-state index contributed by atoms with van der Waals surface area (Å²) in [5.74, 6) is 0. The van der Waals surface area contributed by atoms with E-state index < -0.39 is 0 Å². The Morgan fingerprint density at radius 1 is 1.67 bits per heavy atom. The third-order valence-corrected chi connectivity index (χ3v) is 1.89. The topological polar surface area (TPSA) is 51.2 Å². The van der Waals surface area contributed by atoms with Crippen LogP contribution in [0.5, 0.6) is 0 Å². The quantitative estimate of drug-likeness (QED) is 0.678. The van der Waals surface area contributed by atoms with Gasteiger partial charge in [0.1, 0.15) is 0 Å². The van der Waals surface area contributed by atoms with Crippen LogP contribution >= 0.6 is 0 Å². The molecule has 0 saturated carbocycles. The van der Waals surface area contributed by atoms with Crippen LogP contribution in [-0.4, -0.2) is 22.3 Å². The van der Waals surface area contributed by atoms with Crippen LogP contribution in [0.3, 0.4) is 0 Å². The SMILES string of the molecule is Cn1ccc(CC(N)CCO)c1. The standard InChI is InChI=1S/C9H16N2O/c1-11-4-2-8(7-11)6-9(10)3-5-12/h2,4,7,9,12H,3,5-6,10H2,1H3. The predicted molar refractivity (Wildman–Crippen MR) is 48.8 cm³/mol. The molecule has 0 aromatic carbocycles. The largest absolute Gasteiger partial charge is 0.396 e. The average molecular weight is 168 g/mol. The van der Waals surface area contributed by atoms with Crippen LogP contribution < -0.4 is 5.73 Å². The molecule has 1 atom stereocenters. The second-order valence-corrected chi connectivity index (χ2v) is 3.16. The summed E-state index contributed by atoms with van der Waals surface area (Å²) in [6.45, 7) is 0.175. The van der Waals surface area contributed by atoms with E-state index in [1.54, 1.807) is 0 Å². The molecule has 1 heterocycles. The van der Waals surface area contributed by atoms with Crippen LogP contribution in [-0.2, 0) is 13.5 Å². The van der Waals surface area contributed by atoms with Gasteiger partial charge in [0.05, 0.1) is 0 Å². The van der Waals surface area contributed by atoms with Crippen LogP contribution in [0.15, 0.2) is 18.5 Å². The van der Waals surface area contributed by atoms with Crippen LogP contribution in [0, 0.1) is 0 Å². The lowest BCUT2D eigenvalue weighted by atomic mass is 10.1. The van der Waals surface area contributed by atoms with Gasteiger partial charge in [-0.3, -0.25) is 0 Å². The molecule has 0 aliphatic rings. The number of aromatic nitrogens is 1. The predicted octanol–water partition coefficient (Wildman–Crippen LogP) is 0.277. The molecule has 0 aliphatic heterocycles. The molecule has 0 spiro atoms. The Morgan fingerprint density at radius 3 is 2.92 bits per heavy atom. The van der Waals surface area contributed by atoms with Crippen LogP contribution in [0.1, 0.15) is 12.0 Å². The van der Waals surface area contributed by atoms with Crippen molar-refractivity contribution < 1.29 is 5.11 Å². The molecule has 1 rings (SSSR count).